The number of rotatable bonds is 3. The highest BCUT2D eigenvalue weighted by Crippen LogP contribution is 2.21. The summed E-state index contributed by atoms with van der Waals surface area (Å²) < 4.78 is 4.48. The lowest BCUT2D eigenvalue weighted by atomic mass is 10.1. The molecule has 2 heterocycles. The normalized spacial score (nSPS) is 13.8. The van der Waals surface area contributed by atoms with Gasteiger partial charge in [-0.2, -0.15) is 5.10 Å². The van der Waals surface area contributed by atoms with Crippen LogP contribution in [0.4, 0.5) is 5.69 Å². The highest BCUT2D eigenvalue weighted by atomic mass is 79.9. The first-order chi connectivity index (χ1) is 13.5. The molecule has 0 atom stereocenters. The first-order valence-corrected chi connectivity index (χ1v) is 10.5. The molecular weight excluding hydrogens is 438 g/mol. The number of anilines is 1. The Labute approximate surface area is 175 Å². The maximum absolute atomic E-state index is 13.0. The molecule has 142 valence electrons. The van der Waals surface area contributed by atoms with E-state index in [1.54, 1.807) is 4.68 Å². The van der Waals surface area contributed by atoms with Gasteiger partial charge in [-0.3, -0.25) is 9.48 Å². The maximum atomic E-state index is 13.0. The Morgan fingerprint density at radius 3 is 2.57 bits per heavy atom. The predicted molar refractivity (Wildman–Crippen MR) is 120 cm³/mol. The van der Waals surface area contributed by atoms with Gasteiger partial charge in [-0.25, -0.2) is 4.68 Å². The zero-order valence-electron chi connectivity index (χ0n) is 15.4. The van der Waals surface area contributed by atoms with E-state index in [-0.39, 0.29) is 5.56 Å². The lowest BCUT2D eigenvalue weighted by molar-refractivity contribution is 0.630. The fourth-order valence-corrected chi connectivity index (χ4v) is 4.16. The number of nitrogens with one attached hydrogen (secondary N) is 1. The summed E-state index contributed by atoms with van der Waals surface area (Å²) in [6, 6.07) is 17.6. The van der Waals surface area contributed by atoms with Crippen molar-refractivity contribution in [1.29, 1.82) is 0 Å². The molecule has 8 heteroatoms. The molecule has 1 N–H and O–H groups in total. The van der Waals surface area contributed by atoms with Crippen molar-refractivity contribution < 1.29 is 0 Å². The van der Waals surface area contributed by atoms with E-state index in [9.17, 15) is 4.79 Å². The fraction of sp³-hybridized carbons (Fsp3) is 0.150. The number of thioether (sulfide) groups is 1. The van der Waals surface area contributed by atoms with Crippen molar-refractivity contribution in [3.05, 3.63) is 80.7 Å². The van der Waals surface area contributed by atoms with Gasteiger partial charge < -0.3 is 5.32 Å². The van der Waals surface area contributed by atoms with Gasteiger partial charge in [0.25, 0.3) is 5.56 Å². The Balaban J connectivity index is 1.63. The molecule has 2 aromatic carbocycles. The van der Waals surface area contributed by atoms with E-state index in [1.807, 2.05) is 73.3 Å². The molecule has 28 heavy (non-hydrogen) atoms. The van der Waals surface area contributed by atoms with E-state index in [0.29, 0.717) is 16.6 Å². The molecule has 6 nitrogen and oxygen atoms in total. The van der Waals surface area contributed by atoms with Crippen molar-refractivity contribution in [1.82, 2.24) is 9.36 Å². The van der Waals surface area contributed by atoms with E-state index in [2.05, 4.69) is 31.4 Å². The summed E-state index contributed by atoms with van der Waals surface area (Å²) in [6.45, 7) is 1.91. The summed E-state index contributed by atoms with van der Waals surface area (Å²) in [7, 11) is 1.87. The Morgan fingerprint density at radius 2 is 1.89 bits per heavy atom. The third-order valence-electron chi connectivity index (χ3n) is 4.55. The summed E-state index contributed by atoms with van der Waals surface area (Å²) in [4.78, 5) is 13.0. The SMILES string of the molecule is Cc1c(NC2=NN=C(c3cccc(Br)c3)CS2)c(=O)n(-c2ccccc2)n1C. The minimum atomic E-state index is -0.115. The highest BCUT2D eigenvalue weighted by molar-refractivity contribution is 9.10. The Bertz CT molecular complexity index is 1150. The topological polar surface area (TPSA) is 63.7 Å². The van der Waals surface area contributed by atoms with Crippen molar-refractivity contribution in [2.24, 2.45) is 17.3 Å². The van der Waals surface area contributed by atoms with Crippen molar-refractivity contribution in [2.75, 3.05) is 11.1 Å². The van der Waals surface area contributed by atoms with Crippen LogP contribution in [0.3, 0.4) is 0 Å². The number of hydrogen-bond donors (Lipinski definition) is 1. The van der Waals surface area contributed by atoms with E-state index in [0.717, 1.165) is 27.1 Å². The molecule has 0 saturated heterocycles. The molecular formula is C20H18BrN5OS. The van der Waals surface area contributed by atoms with Crippen LogP contribution in [0.2, 0.25) is 0 Å². The summed E-state index contributed by atoms with van der Waals surface area (Å²) in [6.07, 6.45) is 0. The van der Waals surface area contributed by atoms with Gasteiger partial charge in [-0.15, -0.1) is 5.10 Å². The number of halogens is 1. The van der Waals surface area contributed by atoms with Crippen LogP contribution in [0.25, 0.3) is 5.69 Å². The smallest absolute Gasteiger partial charge is 0.295 e. The van der Waals surface area contributed by atoms with Crippen molar-refractivity contribution in [3.8, 4) is 5.69 Å². The molecule has 3 aromatic rings. The van der Waals surface area contributed by atoms with E-state index in [4.69, 9.17) is 0 Å². The number of hydrogen-bond acceptors (Lipinski definition) is 5. The number of para-hydroxylation sites is 1. The maximum Gasteiger partial charge on any atom is 0.295 e. The van der Waals surface area contributed by atoms with Crippen molar-refractivity contribution in [3.63, 3.8) is 0 Å². The van der Waals surface area contributed by atoms with Crippen LogP contribution in [-0.4, -0.2) is 26.0 Å². The Hall–Kier alpha value is -2.58. The summed E-state index contributed by atoms with van der Waals surface area (Å²) in [5, 5.41) is 12.4. The monoisotopic (exact) mass is 455 g/mol. The minimum absolute atomic E-state index is 0.115. The summed E-state index contributed by atoms with van der Waals surface area (Å²) >= 11 is 5.01. The van der Waals surface area contributed by atoms with E-state index in [1.165, 1.54) is 11.8 Å². The van der Waals surface area contributed by atoms with Crippen molar-refractivity contribution in [2.45, 2.75) is 6.92 Å². The molecule has 4 rings (SSSR count). The number of nitrogens with zero attached hydrogens (tertiary/aromatic N) is 4. The van der Waals surface area contributed by atoms with Gasteiger partial charge in [0.05, 0.1) is 17.1 Å². The zero-order chi connectivity index (χ0) is 19.7. The minimum Gasteiger partial charge on any atom is -0.327 e. The molecule has 0 aliphatic carbocycles. The van der Waals surface area contributed by atoms with Crippen LogP contribution in [0.1, 0.15) is 11.3 Å². The quantitative estimate of drug-likeness (QED) is 0.644. The van der Waals surface area contributed by atoms with Crippen LogP contribution >= 0.6 is 27.7 Å². The average molecular weight is 456 g/mol. The second-order valence-corrected chi connectivity index (χ2v) is 8.19. The average Bonchev–Trinajstić information content (AvgIpc) is 2.92. The zero-order valence-corrected chi connectivity index (χ0v) is 17.8. The molecule has 0 bridgehead atoms. The summed E-state index contributed by atoms with van der Waals surface area (Å²) in [5.74, 6) is 0.682. The van der Waals surface area contributed by atoms with Gasteiger partial charge in [0.1, 0.15) is 5.69 Å². The molecule has 0 spiro atoms. The van der Waals surface area contributed by atoms with Crippen LogP contribution in [0, 0.1) is 6.92 Å². The highest BCUT2D eigenvalue weighted by Gasteiger charge is 2.19. The molecule has 0 unspecified atom stereocenters. The lowest BCUT2D eigenvalue weighted by Crippen LogP contribution is -2.23. The molecule has 0 saturated carbocycles. The summed E-state index contributed by atoms with van der Waals surface area (Å²) in [5.41, 5.74) is 3.99. The molecule has 1 aromatic heterocycles. The van der Waals surface area contributed by atoms with E-state index < -0.39 is 0 Å². The van der Waals surface area contributed by atoms with Gasteiger partial charge in [-0.1, -0.05) is 58.0 Å². The number of amidine groups is 1. The van der Waals surface area contributed by atoms with Gasteiger partial charge in [0, 0.05) is 17.3 Å². The van der Waals surface area contributed by atoms with Crippen LogP contribution in [0.15, 0.2) is 74.1 Å². The van der Waals surface area contributed by atoms with Gasteiger partial charge in [-0.05, 0) is 36.8 Å². The molecule has 0 amide bonds. The second kappa shape index (κ2) is 7.81. The molecule has 1 aliphatic heterocycles. The first-order valence-electron chi connectivity index (χ1n) is 8.69. The van der Waals surface area contributed by atoms with Gasteiger partial charge in [0.15, 0.2) is 5.17 Å². The van der Waals surface area contributed by atoms with Crippen molar-refractivity contribution >= 4 is 44.3 Å². The van der Waals surface area contributed by atoms with Crippen LogP contribution in [-0.2, 0) is 7.05 Å². The molecule has 0 radical (unpaired) electrons. The predicted octanol–water partition coefficient (Wildman–Crippen LogP) is 4.17. The largest absolute Gasteiger partial charge is 0.327 e. The van der Waals surface area contributed by atoms with Gasteiger partial charge in [0.2, 0.25) is 0 Å². The first kappa shape index (κ1) is 18.8. The fourth-order valence-electron chi connectivity index (χ4n) is 2.99. The third-order valence-corrected chi connectivity index (χ3v) is 5.92. The lowest BCUT2D eigenvalue weighted by Gasteiger charge is -2.13. The van der Waals surface area contributed by atoms with Gasteiger partial charge >= 0.3 is 0 Å². The Kier molecular flexibility index (Phi) is 5.23. The molecule has 0 fully saturated rings. The second-order valence-electron chi connectivity index (χ2n) is 6.31. The molecule has 1 aliphatic rings. The number of benzene rings is 2. The number of aromatic nitrogens is 2. The Morgan fingerprint density at radius 1 is 1.11 bits per heavy atom. The standard InChI is InChI=1S/C20H18BrN5OS/c1-13-18(19(27)26(25(13)2)16-9-4-3-5-10-16)22-20-24-23-17(12-28-20)14-7-6-8-15(21)11-14/h3-11H,12H2,1-2H3,(H,22,24). The third kappa shape index (κ3) is 3.57. The van der Waals surface area contributed by atoms with Crippen LogP contribution in [0.5, 0.6) is 0 Å². The van der Waals surface area contributed by atoms with Crippen LogP contribution < -0.4 is 10.9 Å². The van der Waals surface area contributed by atoms with E-state index >= 15 is 0 Å².